The van der Waals surface area contributed by atoms with Gasteiger partial charge in [0.2, 0.25) is 11.8 Å². The Bertz CT molecular complexity index is 380. The lowest BCUT2D eigenvalue weighted by atomic mass is 9.90. The Labute approximate surface area is 115 Å². The van der Waals surface area contributed by atoms with Crippen LogP contribution in [0.25, 0.3) is 0 Å². The summed E-state index contributed by atoms with van der Waals surface area (Å²) in [5.74, 6) is 0.657. The number of carbonyl (C=O) groups excluding carboxylic acids is 2. The van der Waals surface area contributed by atoms with Crippen molar-refractivity contribution in [2.24, 2.45) is 17.3 Å². The molecule has 19 heavy (non-hydrogen) atoms. The summed E-state index contributed by atoms with van der Waals surface area (Å²) in [5.41, 5.74) is 0.00845. The molecule has 0 spiro atoms. The molecule has 1 aliphatic carbocycles. The molecule has 0 radical (unpaired) electrons. The van der Waals surface area contributed by atoms with Crippen molar-refractivity contribution in [1.82, 2.24) is 10.2 Å². The summed E-state index contributed by atoms with van der Waals surface area (Å²) in [5, 5.41) is 2.95. The minimum atomic E-state index is -0.318. The third-order valence-corrected chi connectivity index (χ3v) is 3.82. The quantitative estimate of drug-likeness (QED) is 0.846. The normalized spacial score (nSPS) is 28.8. The molecule has 2 rings (SSSR count). The fourth-order valence-electron chi connectivity index (χ4n) is 2.86. The highest BCUT2D eigenvalue weighted by molar-refractivity contribution is 5.97. The molecule has 2 amide bonds. The highest BCUT2D eigenvalue weighted by atomic mass is 16.2. The molecule has 1 heterocycles. The van der Waals surface area contributed by atoms with Gasteiger partial charge in [0.1, 0.15) is 12.1 Å². The summed E-state index contributed by atoms with van der Waals surface area (Å²) in [6, 6.07) is -0.591. The summed E-state index contributed by atoms with van der Waals surface area (Å²) in [7, 11) is 0. The fourth-order valence-corrected chi connectivity index (χ4v) is 2.86. The van der Waals surface area contributed by atoms with Crippen LogP contribution in [0.2, 0.25) is 0 Å². The first kappa shape index (κ1) is 14.4. The molecule has 0 aromatic rings. The first-order valence-corrected chi connectivity index (χ1v) is 7.31. The van der Waals surface area contributed by atoms with Crippen LogP contribution in [-0.4, -0.2) is 35.3 Å². The van der Waals surface area contributed by atoms with E-state index in [2.05, 4.69) is 26.1 Å². The Hall–Kier alpha value is -1.06. The second kappa shape index (κ2) is 4.80. The van der Waals surface area contributed by atoms with Gasteiger partial charge < -0.3 is 10.2 Å². The molecular weight excluding hydrogens is 240 g/mol. The molecule has 1 aliphatic heterocycles. The highest BCUT2D eigenvalue weighted by Crippen LogP contribution is 2.36. The van der Waals surface area contributed by atoms with Crippen LogP contribution in [-0.2, 0) is 9.59 Å². The lowest BCUT2D eigenvalue weighted by Crippen LogP contribution is -2.66. The number of rotatable bonds is 3. The largest absolute Gasteiger partial charge is 0.342 e. The van der Waals surface area contributed by atoms with Crippen molar-refractivity contribution in [2.45, 2.75) is 59.5 Å². The van der Waals surface area contributed by atoms with Crippen molar-refractivity contribution >= 4 is 11.8 Å². The summed E-state index contributed by atoms with van der Waals surface area (Å²) in [6.07, 6.45) is 2.12. The lowest BCUT2D eigenvalue weighted by Gasteiger charge is -2.43. The smallest absolute Gasteiger partial charge is 0.246 e. The molecule has 4 nitrogen and oxygen atoms in total. The third-order valence-electron chi connectivity index (χ3n) is 3.82. The number of hydrogen-bond donors (Lipinski definition) is 1. The molecular formula is C15H26N2O2. The van der Waals surface area contributed by atoms with Crippen LogP contribution >= 0.6 is 0 Å². The average molecular weight is 266 g/mol. The molecule has 4 heteroatoms. The number of hydrogen-bond acceptors (Lipinski definition) is 2. The lowest BCUT2D eigenvalue weighted by molar-refractivity contribution is -0.153. The molecule has 2 fully saturated rings. The SMILES string of the molecule is CC(C)C1C(=O)NC(C2CC2)C(=O)N1CC(C)(C)C. The zero-order valence-electron chi connectivity index (χ0n) is 12.7. The van der Waals surface area contributed by atoms with Crippen LogP contribution in [0.15, 0.2) is 0 Å². The minimum absolute atomic E-state index is 0.00845. The molecule has 2 unspecified atom stereocenters. The fraction of sp³-hybridized carbons (Fsp3) is 0.867. The maximum absolute atomic E-state index is 12.7. The van der Waals surface area contributed by atoms with Gasteiger partial charge in [0.25, 0.3) is 0 Å². The Morgan fingerprint density at radius 2 is 1.84 bits per heavy atom. The summed E-state index contributed by atoms with van der Waals surface area (Å²) in [4.78, 5) is 26.8. The van der Waals surface area contributed by atoms with E-state index in [0.29, 0.717) is 12.5 Å². The minimum Gasteiger partial charge on any atom is -0.342 e. The number of nitrogens with one attached hydrogen (secondary N) is 1. The molecule has 0 aromatic heterocycles. The number of nitrogens with zero attached hydrogens (tertiary/aromatic N) is 1. The van der Waals surface area contributed by atoms with Crippen LogP contribution in [0.5, 0.6) is 0 Å². The molecule has 0 aromatic carbocycles. The molecule has 1 saturated carbocycles. The van der Waals surface area contributed by atoms with Crippen LogP contribution in [0.4, 0.5) is 0 Å². The van der Waals surface area contributed by atoms with Gasteiger partial charge in [-0.2, -0.15) is 0 Å². The molecule has 0 bridgehead atoms. The van der Waals surface area contributed by atoms with Gasteiger partial charge in [0, 0.05) is 6.54 Å². The zero-order valence-corrected chi connectivity index (χ0v) is 12.7. The van der Waals surface area contributed by atoms with Crippen molar-refractivity contribution < 1.29 is 9.59 Å². The van der Waals surface area contributed by atoms with Crippen molar-refractivity contribution in [3.05, 3.63) is 0 Å². The monoisotopic (exact) mass is 266 g/mol. The highest BCUT2D eigenvalue weighted by Gasteiger charge is 2.48. The van der Waals surface area contributed by atoms with Crippen molar-refractivity contribution in [1.29, 1.82) is 0 Å². The third kappa shape index (κ3) is 3.10. The summed E-state index contributed by atoms with van der Waals surface area (Å²) >= 11 is 0. The Morgan fingerprint density at radius 1 is 1.26 bits per heavy atom. The van der Waals surface area contributed by atoms with Crippen LogP contribution in [0.1, 0.15) is 47.5 Å². The van der Waals surface area contributed by atoms with E-state index >= 15 is 0 Å². The standard InChI is InChI=1S/C15H26N2O2/c1-9(2)12-13(18)16-11(10-6-7-10)14(19)17(12)8-15(3,4)5/h9-12H,6-8H2,1-5H3,(H,16,18). The molecule has 108 valence electrons. The van der Waals surface area contributed by atoms with E-state index in [0.717, 1.165) is 12.8 Å². The van der Waals surface area contributed by atoms with Gasteiger partial charge in [-0.15, -0.1) is 0 Å². The molecule has 1 N–H and O–H groups in total. The van der Waals surface area contributed by atoms with Crippen LogP contribution in [0.3, 0.4) is 0 Å². The Kier molecular flexibility index (Phi) is 3.63. The van der Waals surface area contributed by atoms with Crippen molar-refractivity contribution in [3.63, 3.8) is 0 Å². The van der Waals surface area contributed by atoms with Gasteiger partial charge in [-0.05, 0) is 30.1 Å². The molecule has 2 atom stereocenters. The maximum atomic E-state index is 12.7. The molecule has 1 saturated heterocycles. The van der Waals surface area contributed by atoms with Gasteiger partial charge >= 0.3 is 0 Å². The van der Waals surface area contributed by atoms with E-state index in [1.54, 1.807) is 0 Å². The van der Waals surface area contributed by atoms with Crippen LogP contribution < -0.4 is 5.32 Å². The predicted molar refractivity (Wildman–Crippen MR) is 74.4 cm³/mol. The van der Waals surface area contributed by atoms with Crippen molar-refractivity contribution in [3.8, 4) is 0 Å². The molecule has 2 aliphatic rings. The van der Waals surface area contributed by atoms with Crippen LogP contribution in [0, 0.1) is 17.3 Å². The van der Waals surface area contributed by atoms with Gasteiger partial charge in [-0.1, -0.05) is 34.6 Å². The van der Waals surface area contributed by atoms with E-state index in [-0.39, 0.29) is 35.2 Å². The average Bonchev–Trinajstić information content (AvgIpc) is 3.04. The first-order chi connectivity index (χ1) is 8.70. The second-order valence-electron chi connectivity index (χ2n) is 7.54. The van der Waals surface area contributed by atoms with Crippen molar-refractivity contribution in [2.75, 3.05) is 6.54 Å². The maximum Gasteiger partial charge on any atom is 0.246 e. The number of amides is 2. The van der Waals surface area contributed by atoms with E-state index in [1.807, 2.05) is 18.7 Å². The number of piperazine rings is 1. The second-order valence-corrected chi connectivity index (χ2v) is 7.54. The van der Waals surface area contributed by atoms with E-state index < -0.39 is 0 Å². The van der Waals surface area contributed by atoms with E-state index in [1.165, 1.54) is 0 Å². The van der Waals surface area contributed by atoms with Gasteiger partial charge in [0.15, 0.2) is 0 Å². The summed E-state index contributed by atoms with van der Waals surface area (Å²) in [6.45, 7) is 11.0. The Balaban J connectivity index is 2.23. The van der Waals surface area contributed by atoms with E-state index in [9.17, 15) is 9.59 Å². The number of carbonyl (C=O) groups is 2. The Morgan fingerprint density at radius 3 is 2.26 bits per heavy atom. The topological polar surface area (TPSA) is 49.4 Å². The van der Waals surface area contributed by atoms with Gasteiger partial charge in [-0.25, -0.2) is 0 Å². The zero-order chi connectivity index (χ0) is 14.4. The first-order valence-electron chi connectivity index (χ1n) is 7.31. The van der Waals surface area contributed by atoms with Gasteiger partial charge in [0.05, 0.1) is 0 Å². The van der Waals surface area contributed by atoms with E-state index in [4.69, 9.17) is 0 Å². The predicted octanol–water partition coefficient (Wildman–Crippen LogP) is 1.79. The van der Waals surface area contributed by atoms with Gasteiger partial charge in [-0.3, -0.25) is 9.59 Å². The summed E-state index contributed by atoms with van der Waals surface area (Å²) < 4.78 is 0.